The van der Waals surface area contributed by atoms with Crippen molar-refractivity contribution >= 4 is 11.6 Å². The number of nitrogens with two attached hydrogens (primary N) is 1. The third-order valence-corrected chi connectivity index (χ3v) is 2.55. The zero-order valence-corrected chi connectivity index (χ0v) is 9.55. The van der Waals surface area contributed by atoms with Crippen molar-refractivity contribution in [1.82, 2.24) is 15.1 Å². The van der Waals surface area contributed by atoms with Gasteiger partial charge in [0.2, 0.25) is 0 Å². The topological polar surface area (TPSA) is 72.9 Å². The largest absolute Gasteiger partial charge is 0.398 e. The van der Waals surface area contributed by atoms with E-state index >= 15 is 0 Å². The van der Waals surface area contributed by atoms with E-state index in [2.05, 4.69) is 10.4 Å². The standard InChI is InChI=1S/C12H14N4O/c1-16-11(6-7-15-16)12(17)14-8-9-4-2-3-5-10(9)13/h2-7H,8,13H2,1H3,(H,14,17). The Morgan fingerprint density at radius 1 is 1.41 bits per heavy atom. The van der Waals surface area contributed by atoms with Crippen molar-refractivity contribution in [1.29, 1.82) is 0 Å². The van der Waals surface area contributed by atoms with Gasteiger partial charge in [-0.2, -0.15) is 5.10 Å². The van der Waals surface area contributed by atoms with Crippen LogP contribution in [0.2, 0.25) is 0 Å². The maximum atomic E-state index is 11.8. The molecule has 2 aromatic rings. The van der Waals surface area contributed by atoms with Gasteiger partial charge in [0.05, 0.1) is 0 Å². The van der Waals surface area contributed by atoms with Crippen molar-refractivity contribution in [3.05, 3.63) is 47.8 Å². The lowest BCUT2D eigenvalue weighted by Gasteiger charge is -2.07. The second-order valence-corrected chi connectivity index (χ2v) is 3.72. The second-order valence-electron chi connectivity index (χ2n) is 3.72. The minimum Gasteiger partial charge on any atom is -0.398 e. The number of aromatic nitrogens is 2. The predicted molar refractivity (Wildman–Crippen MR) is 65.2 cm³/mol. The summed E-state index contributed by atoms with van der Waals surface area (Å²) in [4.78, 5) is 11.8. The van der Waals surface area contributed by atoms with E-state index in [0.717, 1.165) is 5.56 Å². The third-order valence-electron chi connectivity index (χ3n) is 2.55. The van der Waals surface area contributed by atoms with E-state index in [-0.39, 0.29) is 5.91 Å². The summed E-state index contributed by atoms with van der Waals surface area (Å²) in [7, 11) is 1.73. The second kappa shape index (κ2) is 4.69. The van der Waals surface area contributed by atoms with Crippen molar-refractivity contribution in [2.24, 2.45) is 7.05 Å². The van der Waals surface area contributed by atoms with E-state index in [1.54, 1.807) is 19.3 Å². The molecule has 1 heterocycles. The van der Waals surface area contributed by atoms with Crippen LogP contribution in [-0.4, -0.2) is 15.7 Å². The molecule has 1 aromatic heterocycles. The molecule has 0 spiro atoms. The van der Waals surface area contributed by atoms with Crippen molar-refractivity contribution < 1.29 is 4.79 Å². The van der Waals surface area contributed by atoms with E-state index < -0.39 is 0 Å². The van der Waals surface area contributed by atoms with E-state index in [0.29, 0.717) is 17.9 Å². The van der Waals surface area contributed by atoms with Crippen LogP contribution >= 0.6 is 0 Å². The van der Waals surface area contributed by atoms with Crippen LogP contribution in [0.1, 0.15) is 16.1 Å². The summed E-state index contributed by atoms with van der Waals surface area (Å²) in [5.74, 6) is -0.159. The summed E-state index contributed by atoms with van der Waals surface area (Å²) >= 11 is 0. The van der Waals surface area contributed by atoms with Crippen LogP contribution in [0.4, 0.5) is 5.69 Å². The van der Waals surface area contributed by atoms with Gasteiger partial charge in [-0.05, 0) is 17.7 Å². The molecular formula is C12H14N4O. The zero-order chi connectivity index (χ0) is 12.3. The molecule has 0 saturated carbocycles. The maximum absolute atomic E-state index is 11.8. The molecule has 0 bridgehead atoms. The van der Waals surface area contributed by atoms with Crippen LogP contribution in [0.3, 0.4) is 0 Å². The average Bonchev–Trinajstić information content (AvgIpc) is 2.74. The lowest BCUT2D eigenvalue weighted by Crippen LogP contribution is -2.25. The number of benzene rings is 1. The van der Waals surface area contributed by atoms with E-state index in [9.17, 15) is 4.79 Å². The Labute approximate surface area is 99.2 Å². The molecule has 0 aliphatic heterocycles. The summed E-state index contributed by atoms with van der Waals surface area (Å²) in [6.07, 6.45) is 1.59. The molecule has 0 radical (unpaired) electrons. The Balaban J connectivity index is 2.02. The zero-order valence-electron chi connectivity index (χ0n) is 9.55. The number of hydrogen-bond acceptors (Lipinski definition) is 3. The molecule has 88 valence electrons. The fourth-order valence-corrected chi connectivity index (χ4v) is 1.56. The number of rotatable bonds is 3. The van der Waals surface area contributed by atoms with Gasteiger partial charge in [-0.3, -0.25) is 9.48 Å². The van der Waals surface area contributed by atoms with E-state index in [4.69, 9.17) is 5.73 Å². The smallest absolute Gasteiger partial charge is 0.269 e. The Bertz CT molecular complexity index is 533. The van der Waals surface area contributed by atoms with Gasteiger partial charge in [0.25, 0.3) is 5.91 Å². The lowest BCUT2D eigenvalue weighted by atomic mass is 10.2. The highest BCUT2D eigenvalue weighted by atomic mass is 16.2. The molecule has 1 amide bonds. The molecule has 17 heavy (non-hydrogen) atoms. The molecule has 3 N–H and O–H groups in total. The molecule has 0 atom stereocenters. The van der Waals surface area contributed by atoms with Crippen LogP contribution in [0.15, 0.2) is 36.5 Å². The van der Waals surface area contributed by atoms with Gasteiger partial charge in [0.15, 0.2) is 0 Å². The van der Waals surface area contributed by atoms with E-state index in [1.807, 2.05) is 24.3 Å². The van der Waals surface area contributed by atoms with Crippen LogP contribution in [0.25, 0.3) is 0 Å². The van der Waals surface area contributed by atoms with Gasteiger partial charge < -0.3 is 11.1 Å². The third kappa shape index (κ3) is 2.44. The molecule has 5 heteroatoms. The number of para-hydroxylation sites is 1. The van der Waals surface area contributed by atoms with Crippen molar-refractivity contribution in [3.63, 3.8) is 0 Å². The summed E-state index contributed by atoms with van der Waals surface area (Å²) < 4.78 is 1.53. The first kappa shape index (κ1) is 11.2. The number of aryl methyl sites for hydroxylation is 1. The highest BCUT2D eigenvalue weighted by molar-refractivity contribution is 5.92. The number of amides is 1. The Hall–Kier alpha value is -2.30. The van der Waals surface area contributed by atoms with Gasteiger partial charge in [-0.15, -0.1) is 0 Å². The predicted octanol–water partition coefficient (Wildman–Crippen LogP) is 0.932. The van der Waals surface area contributed by atoms with Gasteiger partial charge in [-0.1, -0.05) is 18.2 Å². The highest BCUT2D eigenvalue weighted by Gasteiger charge is 2.09. The molecular weight excluding hydrogens is 216 g/mol. The number of hydrogen-bond donors (Lipinski definition) is 2. The van der Waals surface area contributed by atoms with Crippen molar-refractivity contribution in [3.8, 4) is 0 Å². The van der Waals surface area contributed by atoms with Crippen LogP contribution in [-0.2, 0) is 13.6 Å². The lowest BCUT2D eigenvalue weighted by molar-refractivity contribution is 0.0941. The first-order chi connectivity index (χ1) is 8.18. The molecule has 0 fully saturated rings. The van der Waals surface area contributed by atoms with Crippen LogP contribution in [0, 0.1) is 0 Å². The van der Waals surface area contributed by atoms with E-state index in [1.165, 1.54) is 4.68 Å². The number of anilines is 1. The Morgan fingerprint density at radius 3 is 2.82 bits per heavy atom. The first-order valence-electron chi connectivity index (χ1n) is 5.28. The fraction of sp³-hybridized carbons (Fsp3) is 0.167. The summed E-state index contributed by atoms with van der Waals surface area (Å²) in [5.41, 5.74) is 7.90. The molecule has 0 aliphatic carbocycles. The fourth-order valence-electron chi connectivity index (χ4n) is 1.56. The van der Waals surface area contributed by atoms with Gasteiger partial charge in [-0.25, -0.2) is 0 Å². The average molecular weight is 230 g/mol. The monoisotopic (exact) mass is 230 g/mol. The number of carbonyl (C=O) groups excluding carboxylic acids is 1. The summed E-state index contributed by atoms with van der Waals surface area (Å²) in [5, 5.41) is 6.74. The van der Waals surface area contributed by atoms with Crippen LogP contribution < -0.4 is 11.1 Å². The number of nitrogens with zero attached hydrogens (tertiary/aromatic N) is 2. The minimum atomic E-state index is -0.159. The highest BCUT2D eigenvalue weighted by Crippen LogP contribution is 2.09. The van der Waals surface area contributed by atoms with Crippen molar-refractivity contribution in [2.45, 2.75) is 6.54 Å². The molecule has 0 saturated heterocycles. The molecule has 0 aliphatic rings. The molecule has 0 unspecified atom stereocenters. The minimum absolute atomic E-state index is 0.159. The summed E-state index contributed by atoms with van der Waals surface area (Å²) in [6, 6.07) is 9.12. The Morgan fingerprint density at radius 2 is 2.18 bits per heavy atom. The normalized spacial score (nSPS) is 10.2. The molecule has 1 aromatic carbocycles. The summed E-state index contributed by atoms with van der Waals surface area (Å²) in [6.45, 7) is 0.413. The number of nitrogen functional groups attached to an aromatic ring is 1. The number of nitrogens with one attached hydrogen (secondary N) is 1. The van der Waals surface area contributed by atoms with Crippen LogP contribution in [0.5, 0.6) is 0 Å². The van der Waals surface area contributed by atoms with Gasteiger partial charge in [0.1, 0.15) is 5.69 Å². The molecule has 2 rings (SSSR count). The quantitative estimate of drug-likeness (QED) is 0.770. The SMILES string of the molecule is Cn1nccc1C(=O)NCc1ccccc1N. The molecule has 5 nitrogen and oxygen atoms in total. The van der Waals surface area contributed by atoms with Gasteiger partial charge in [0, 0.05) is 25.5 Å². The maximum Gasteiger partial charge on any atom is 0.269 e. The first-order valence-corrected chi connectivity index (χ1v) is 5.28. The van der Waals surface area contributed by atoms with Gasteiger partial charge >= 0.3 is 0 Å². The number of carbonyl (C=O) groups is 1. The van der Waals surface area contributed by atoms with Crippen molar-refractivity contribution in [2.75, 3.05) is 5.73 Å². The Kier molecular flexibility index (Phi) is 3.09.